The lowest BCUT2D eigenvalue weighted by atomic mass is 9.85. The zero-order chi connectivity index (χ0) is 8.20. The predicted molar refractivity (Wildman–Crippen MR) is 41.8 cm³/mol. The van der Waals surface area contributed by atoms with E-state index in [1.165, 1.54) is 0 Å². The largest absolute Gasteiger partial charge is 0.396 e. The van der Waals surface area contributed by atoms with E-state index in [1.54, 1.807) is 0 Å². The minimum Gasteiger partial charge on any atom is -0.396 e. The Balaban J connectivity index is 4.02. The highest BCUT2D eigenvalue weighted by Crippen LogP contribution is 2.23. The summed E-state index contributed by atoms with van der Waals surface area (Å²) in [4.78, 5) is 0. The van der Waals surface area contributed by atoms with Gasteiger partial charge >= 0.3 is 0 Å². The first-order valence-corrected chi connectivity index (χ1v) is 3.94. The highest BCUT2D eigenvalue weighted by atomic mass is 16.3. The van der Waals surface area contributed by atoms with Crippen molar-refractivity contribution in [2.24, 2.45) is 5.92 Å². The molecule has 0 saturated heterocycles. The zero-order valence-electron chi connectivity index (χ0n) is 7.09. The molecule has 0 heterocycles. The van der Waals surface area contributed by atoms with Gasteiger partial charge in [-0.3, -0.25) is 0 Å². The van der Waals surface area contributed by atoms with Crippen molar-refractivity contribution in [1.82, 2.24) is 0 Å². The fraction of sp³-hybridized carbons (Fsp3) is 1.00. The lowest BCUT2D eigenvalue weighted by Crippen LogP contribution is -2.36. The standard InChI is InChI=1S/C8H18O2/c1-4-8(10,5-2)7(3)6-9/h7,9-10H,4-6H2,1-3H3. The minimum atomic E-state index is -0.658. The van der Waals surface area contributed by atoms with Crippen molar-refractivity contribution >= 4 is 0 Å². The van der Waals surface area contributed by atoms with Crippen molar-refractivity contribution in [3.05, 3.63) is 0 Å². The van der Waals surface area contributed by atoms with Crippen LogP contribution in [0.25, 0.3) is 0 Å². The molecule has 1 atom stereocenters. The molecule has 0 rings (SSSR count). The van der Waals surface area contributed by atoms with Gasteiger partial charge in [0.2, 0.25) is 0 Å². The second-order valence-corrected chi connectivity index (χ2v) is 2.89. The predicted octanol–water partition coefficient (Wildman–Crippen LogP) is 1.17. The van der Waals surface area contributed by atoms with Crippen LogP contribution >= 0.6 is 0 Å². The molecule has 0 amide bonds. The lowest BCUT2D eigenvalue weighted by molar-refractivity contribution is -0.0382. The Morgan fingerprint density at radius 3 is 1.80 bits per heavy atom. The van der Waals surface area contributed by atoms with Crippen LogP contribution in [0.1, 0.15) is 33.6 Å². The van der Waals surface area contributed by atoms with Crippen LogP contribution in [0.4, 0.5) is 0 Å². The lowest BCUT2D eigenvalue weighted by Gasteiger charge is -2.30. The third-order valence-electron chi connectivity index (χ3n) is 2.42. The van der Waals surface area contributed by atoms with Crippen molar-refractivity contribution in [2.75, 3.05) is 6.61 Å². The Kier molecular flexibility index (Phi) is 3.91. The van der Waals surface area contributed by atoms with Gasteiger partial charge in [-0.15, -0.1) is 0 Å². The molecule has 1 unspecified atom stereocenters. The van der Waals surface area contributed by atoms with Crippen molar-refractivity contribution in [3.8, 4) is 0 Å². The molecule has 62 valence electrons. The first kappa shape index (κ1) is 9.92. The molecule has 2 heteroatoms. The van der Waals surface area contributed by atoms with Gasteiger partial charge in [0, 0.05) is 12.5 Å². The molecule has 0 aromatic rings. The van der Waals surface area contributed by atoms with Gasteiger partial charge in [-0.1, -0.05) is 20.8 Å². The van der Waals surface area contributed by atoms with E-state index < -0.39 is 5.60 Å². The number of hydrogen-bond acceptors (Lipinski definition) is 2. The maximum absolute atomic E-state index is 9.74. The first-order chi connectivity index (χ1) is 4.60. The van der Waals surface area contributed by atoms with Crippen LogP contribution in [0.3, 0.4) is 0 Å². The van der Waals surface area contributed by atoms with Crippen LogP contribution in [0.15, 0.2) is 0 Å². The number of aliphatic hydroxyl groups is 2. The summed E-state index contributed by atoms with van der Waals surface area (Å²) in [6.07, 6.45) is 1.43. The van der Waals surface area contributed by atoms with Crippen molar-refractivity contribution in [1.29, 1.82) is 0 Å². The minimum absolute atomic E-state index is 0.0116. The second kappa shape index (κ2) is 3.94. The summed E-state index contributed by atoms with van der Waals surface area (Å²) in [5.41, 5.74) is -0.658. The first-order valence-electron chi connectivity index (χ1n) is 3.94. The van der Waals surface area contributed by atoms with E-state index in [0.717, 1.165) is 0 Å². The van der Waals surface area contributed by atoms with Gasteiger partial charge in [-0.05, 0) is 12.8 Å². The average Bonchev–Trinajstić information content (AvgIpc) is 2.01. The molecule has 0 aromatic carbocycles. The summed E-state index contributed by atoms with van der Waals surface area (Å²) in [6, 6.07) is 0. The van der Waals surface area contributed by atoms with Gasteiger partial charge in [0.25, 0.3) is 0 Å². The van der Waals surface area contributed by atoms with Crippen LogP contribution in [0.2, 0.25) is 0 Å². The van der Waals surface area contributed by atoms with Gasteiger partial charge in [-0.25, -0.2) is 0 Å². The topological polar surface area (TPSA) is 40.5 Å². The van der Waals surface area contributed by atoms with Crippen LogP contribution in [0, 0.1) is 5.92 Å². The molecule has 10 heavy (non-hydrogen) atoms. The van der Waals surface area contributed by atoms with Crippen molar-refractivity contribution in [2.45, 2.75) is 39.2 Å². The molecule has 0 aliphatic rings. The third kappa shape index (κ3) is 1.96. The molecule has 0 fully saturated rings. The van der Waals surface area contributed by atoms with Crippen LogP contribution in [-0.2, 0) is 0 Å². The van der Waals surface area contributed by atoms with Crippen LogP contribution in [0.5, 0.6) is 0 Å². The van der Waals surface area contributed by atoms with Crippen molar-refractivity contribution < 1.29 is 10.2 Å². The quantitative estimate of drug-likeness (QED) is 0.625. The van der Waals surface area contributed by atoms with Crippen molar-refractivity contribution in [3.63, 3.8) is 0 Å². The number of hydrogen-bond donors (Lipinski definition) is 2. The van der Waals surface area contributed by atoms with Gasteiger partial charge in [0.1, 0.15) is 0 Å². The maximum atomic E-state index is 9.74. The van der Waals surface area contributed by atoms with Crippen LogP contribution in [-0.4, -0.2) is 22.4 Å². The Labute approximate surface area is 62.9 Å². The zero-order valence-corrected chi connectivity index (χ0v) is 7.09. The molecular weight excluding hydrogens is 128 g/mol. The fourth-order valence-corrected chi connectivity index (χ4v) is 1.12. The van der Waals surface area contributed by atoms with Gasteiger partial charge in [0.05, 0.1) is 5.60 Å². The van der Waals surface area contributed by atoms with E-state index in [4.69, 9.17) is 5.11 Å². The molecular formula is C8H18O2. The van der Waals surface area contributed by atoms with Gasteiger partial charge in [-0.2, -0.15) is 0 Å². The number of aliphatic hydroxyl groups excluding tert-OH is 1. The van der Waals surface area contributed by atoms with Crippen LogP contribution < -0.4 is 0 Å². The molecule has 0 aliphatic carbocycles. The summed E-state index contributed by atoms with van der Waals surface area (Å²) in [7, 11) is 0. The van der Waals surface area contributed by atoms with E-state index in [0.29, 0.717) is 12.8 Å². The molecule has 0 radical (unpaired) electrons. The van der Waals surface area contributed by atoms with E-state index in [1.807, 2.05) is 20.8 Å². The van der Waals surface area contributed by atoms with E-state index >= 15 is 0 Å². The monoisotopic (exact) mass is 146 g/mol. The summed E-state index contributed by atoms with van der Waals surface area (Å²) in [5, 5.41) is 18.5. The SMILES string of the molecule is CCC(O)(CC)C(C)CO. The summed E-state index contributed by atoms with van der Waals surface area (Å²) >= 11 is 0. The van der Waals surface area contributed by atoms with E-state index in [2.05, 4.69) is 0 Å². The molecule has 0 aliphatic heterocycles. The average molecular weight is 146 g/mol. The highest BCUT2D eigenvalue weighted by molar-refractivity contribution is 4.80. The Bertz CT molecular complexity index is 87.3. The van der Waals surface area contributed by atoms with E-state index in [9.17, 15) is 5.11 Å². The van der Waals surface area contributed by atoms with E-state index in [-0.39, 0.29) is 12.5 Å². The molecule has 0 bridgehead atoms. The molecule has 2 N–H and O–H groups in total. The Morgan fingerprint density at radius 1 is 1.30 bits per heavy atom. The highest BCUT2D eigenvalue weighted by Gasteiger charge is 2.28. The third-order valence-corrected chi connectivity index (χ3v) is 2.42. The summed E-state index contributed by atoms with van der Waals surface area (Å²) < 4.78 is 0. The molecule has 0 spiro atoms. The van der Waals surface area contributed by atoms with Gasteiger partial charge < -0.3 is 10.2 Å². The fourth-order valence-electron chi connectivity index (χ4n) is 1.12. The molecule has 0 aromatic heterocycles. The maximum Gasteiger partial charge on any atom is 0.0689 e. The smallest absolute Gasteiger partial charge is 0.0689 e. The Hall–Kier alpha value is -0.0800. The van der Waals surface area contributed by atoms with Gasteiger partial charge in [0.15, 0.2) is 0 Å². The number of rotatable bonds is 4. The summed E-state index contributed by atoms with van der Waals surface area (Å²) in [5.74, 6) is -0.0116. The normalized spacial score (nSPS) is 15.3. The summed E-state index contributed by atoms with van der Waals surface area (Å²) in [6.45, 7) is 5.82. The molecule has 0 saturated carbocycles. The second-order valence-electron chi connectivity index (χ2n) is 2.89. The molecule has 2 nitrogen and oxygen atoms in total. The Morgan fingerprint density at radius 2 is 1.70 bits per heavy atom.